The smallest absolute Gasteiger partial charge is 0.416 e. The lowest BCUT2D eigenvalue weighted by molar-refractivity contribution is -0.137. The normalized spacial score (nSPS) is 13.8. The second-order valence-electron chi connectivity index (χ2n) is 6.87. The van der Waals surface area contributed by atoms with E-state index in [-0.39, 0.29) is 0 Å². The van der Waals surface area contributed by atoms with Crippen molar-refractivity contribution in [2.75, 3.05) is 0 Å². The number of alkyl halides is 3. The molecule has 1 heterocycles. The van der Waals surface area contributed by atoms with Gasteiger partial charge >= 0.3 is 12.3 Å². The maximum atomic E-state index is 12.7. The average molecular weight is 342 g/mol. The molecule has 24 heavy (non-hydrogen) atoms. The molecule has 1 aromatic heterocycles. The molecule has 2 rings (SSSR count). The van der Waals surface area contributed by atoms with Crippen LogP contribution < -0.4 is 5.32 Å². The van der Waals surface area contributed by atoms with Gasteiger partial charge in [0.2, 0.25) is 0 Å². The lowest BCUT2D eigenvalue weighted by atomic mass is 10.1. The van der Waals surface area contributed by atoms with Crippen molar-refractivity contribution in [1.82, 2.24) is 10.3 Å². The van der Waals surface area contributed by atoms with Gasteiger partial charge < -0.3 is 15.0 Å². The van der Waals surface area contributed by atoms with Gasteiger partial charge in [0.25, 0.3) is 0 Å². The molecular formula is C17H21F3N2O2. The molecule has 0 radical (unpaired) electrons. The number of H-pyrrole nitrogens is 1. The summed E-state index contributed by atoms with van der Waals surface area (Å²) in [7, 11) is 0. The van der Waals surface area contributed by atoms with Gasteiger partial charge in [-0.3, -0.25) is 0 Å². The van der Waals surface area contributed by atoms with E-state index in [2.05, 4.69) is 10.3 Å². The van der Waals surface area contributed by atoms with Crippen molar-refractivity contribution >= 4 is 17.0 Å². The minimum Gasteiger partial charge on any atom is -0.446 e. The fourth-order valence-corrected chi connectivity index (χ4v) is 2.40. The minimum absolute atomic E-state index is 0.397. The summed E-state index contributed by atoms with van der Waals surface area (Å²) in [4.78, 5) is 14.6. The molecule has 0 aliphatic heterocycles. The molecule has 7 heteroatoms. The van der Waals surface area contributed by atoms with Crippen molar-refractivity contribution < 1.29 is 22.7 Å². The number of aromatic amines is 1. The van der Waals surface area contributed by atoms with Crippen LogP contribution in [-0.2, 0) is 17.3 Å². The van der Waals surface area contributed by atoms with Crippen molar-refractivity contribution in [2.45, 2.75) is 51.9 Å². The van der Waals surface area contributed by atoms with Crippen molar-refractivity contribution in [3.63, 3.8) is 0 Å². The summed E-state index contributed by atoms with van der Waals surface area (Å²) < 4.78 is 43.5. The predicted octanol–water partition coefficient (Wildman–Crippen LogP) is 4.64. The largest absolute Gasteiger partial charge is 0.446 e. The third kappa shape index (κ3) is 4.66. The number of fused-ring (bicyclic) bond motifs is 1. The molecule has 0 saturated carbocycles. The topological polar surface area (TPSA) is 54.1 Å². The monoisotopic (exact) mass is 342 g/mol. The van der Waals surface area contributed by atoms with Crippen LogP contribution in [0, 0.1) is 0 Å². The fraction of sp³-hybridized carbons (Fsp3) is 0.471. The first-order chi connectivity index (χ1) is 11.0. The first-order valence-corrected chi connectivity index (χ1v) is 7.62. The van der Waals surface area contributed by atoms with Gasteiger partial charge in [0.1, 0.15) is 6.10 Å². The Morgan fingerprint density at radius 3 is 2.54 bits per heavy atom. The van der Waals surface area contributed by atoms with Gasteiger partial charge in [0.15, 0.2) is 0 Å². The standard InChI is InChI=1S/C17H21F3N2O2/c1-10(24-15(23)22-16(2,3)4)7-11-9-21-14-8-12(17(18,19)20)5-6-13(11)14/h5-6,8-10,21H,7H2,1-4H3,(H,22,23)/t10-/m1/s1. The molecule has 132 valence electrons. The molecule has 0 aliphatic carbocycles. The molecule has 0 saturated heterocycles. The first kappa shape index (κ1) is 18.2. The van der Waals surface area contributed by atoms with E-state index in [0.29, 0.717) is 17.3 Å². The Labute approximate surface area is 138 Å². The van der Waals surface area contributed by atoms with Crippen LogP contribution in [0.15, 0.2) is 24.4 Å². The number of alkyl carbamates (subject to hydrolysis) is 1. The molecule has 1 atom stereocenters. The zero-order chi connectivity index (χ0) is 18.1. The number of amides is 1. The van der Waals surface area contributed by atoms with Gasteiger partial charge in [-0.25, -0.2) is 4.79 Å². The third-order valence-electron chi connectivity index (χ3n) is 3.39. The number of nitrogens with one attached hydrogen (secondary N) is 2. The Morgan fingerprint density at radius 2 is 1.96 bits per heavy atom. The predicted molar refractivity (Wildman–Crippen MR) is 85.8 cm³/mol. The van der Waals surface area contributed by atoms with Crippen LogP contribution in [0.25, 0.3) is 10.9 Å². The highest BCUT2D eigenvalue weighted by Gasteiger charge is 2.30. The van der Waals surface area contributed by atoms with Crippen LogP contribution >= 0.6 is 0 Å². The zero-order valence-electron chi connectivity index (χ0n) is 14.0. The lowest BCUT2D eigenvalue weighted by Crippen LogP contribution is -2.42. The van der Waals surface area contributed by atoms with E-state index in [1.807, 2.05) is 20.8 Å². The van der Waals surface area contributed by atoms with Crippen LogP contribution in [-0.4, -0.2) is 22.7 Å². The number of carbonyl (C=O) groups excluding carboxylic acids is 1. The van der Waals surface area contributed by atoms with E-state index in [9.17, 15) is 18.0 Å². The second kappa shape index (κ2) is 6.37. The Morgan fingerprint density at radius 1 is 1.29 bits per heavy atom. The molecule has 0 spiro atoms. The Balaban J connectivity index is 2.09. The average Bonchev–Trinajstić information content (AvgIpc) is 2.77. The number of rotatable bonds is 3. The van der Waals surface area contributed by atoms with E-state index < -0.39 is 29.5 Å². The van der Waals surface area contributed by atoms with E-state index in [1.165, 1.54) is 6.07 Å². The maximum Gasteiger partial charge on any atom is 0.416 e. The van der Waals surface area contributed by atoms with E-state index in [0.717, 1.165) is 17.7 Å². The minimum atomic E-state index is -4.37. The van der Waals surface area contributed by atoms with Gasteiger partial charge in [-0.1, -0.05) is 6.07 Å². The summed E-state index contributed by atoms with van der Waals surface area (Å²) in [5, 5.41) is 3.39. The van der Waals surface area contributed by atoms with E-state index in [1.54, 1.807) is 13.1 Å². The highest BCUT2D eigenvalue weighted by Crippen LogP contribution is 2.32. The molecule has 1 aromatic carbocycles. The van der Waals surface area contributed by atoms with Gasteiger partial charge in [-0.2, -0.15) is 13.2 Å². The SMILES string of the molecule is C[C@H](Cc1c[nH]c2cc(C(F)(F)F)ccc12)OC(=O)NC(C)(C)C. The van der Waals surface area contributed by atoms with E-state index >= 15 is 0 Å². The molecular weight excluding hydrogens is 321 g/mol. The number of hydrogen-bond donors (Lipinski definition) is 2. The van der Waals surface area contributed by atoms with Gasteiger partial charge in [-0.15, -0.1) is 0 Å². The van der Waals surface area contributed by atoms with Crippen LogP contribution in [0.4, 0.5) is 18.0 Å². The highest BCUT2D eigenvalue weighted by molar-refractivity contribution is 5.84. The van der Waals surface area contributed by atoms with Crippen LogP contribution in [0.2, 0.25) is 0 Å². The van der Waals surface area contributed by atoms with Crippen LogP contribution in [0.1, 0.15) is 38.8 Å². The van der Waals surface area contributed by atoms with E-state index in [4.69, 9.17) is 4.74 Å². The molecule has 2 N–H and O–H groups in total. The molecule has 2 aromatic rings. The first-order valence-electron chi connectivity index (χ1n) is 7.62. The summed E-state index contributed by atoms with van der Waals surface area (Å²) in [5.74, 6) is 0. The van der Waals surface area contributed by atoms with Crippen LogP contribution in [0.5, 0.6) is 0 Å². The number of halogens is 3. The summed E-state index contributed by atoms with van der Waals surface area (Å²) in [6.45, 7) is 7.27. The number of carbonyl (C=O) groups is 1. The maximum absolute atomic E-state index is 12.7. The Bertz CT molecular complexity index is 729. The molecule has 0 fully saturated rings. The Hall–Kier alpha value is -2.18. The Kier molecular flexibility index (Phi) is 4.82. The molecule has 1 amide bonds. The highest BCUT2D eigenvalue weighted by atomic mass is 19.4. The van der Waals surface area contributed by atoms with Crippen LogP contribution in [0.3, 0.4) is 0 Å². The molecule has 0 unspecified atom stereocenters. The summed E-state index contributed by atoms with van der Waals surface area (Å²) in [6.07, 6.45) is -3.25. The number of aromatic nitrogens is 1. The number of ether oxygens (including phenoxy) is 1. The van der Waals surface area contributed by atoms with Crippen molar-refractivity contribution in [3.8, 4) is 0 Å². The third-order valence-corrected chi connectivity index (χ3v) is 3.39. The van der Waals surface area contributed by atoms with Crippen molar-refractivity contribution in [1.29, 1.82) is 0 Å². The van der Waals surface area contributed by atoms with Crippen molar-refractivity contribution in [2.24, 2.45) is 0 Å². The zero-order valence-corrected chi connectivity index (χ0v) is 14.0. The fourth-order valence-electron chi connectivity index (χ4n) is 2.40. The summed E-state index contributed by atoms with van der Waals surface area (Å²) in [5.41, 5.74) is 0.115. The van der Waals surface area contributed by atoms with Gasteiger partial charge in [-0.05, 0) is 45.4 Å². The number of benzene rings is 1. The second-order valence-corrected chi connectivity index (χ2v) is 6.87. The van der Waals surface area contributed by atoms with Crippen molar-refractivity contribution in [3.05, 3.63) is 35.5 Å². The quantitative estimate of drug-likeness (QED) is 0.853. The van der Waals surface area contributed by atoms with Gasteiger partial charge in [0.05, 0.1) is 5.56 Å². The molecule has 0 aliphatic rings. The molecule has 0 bridgehead atoms. The molecule has 4 nitrogen and oxygen atoms in total. The summed E-state index contributed by atoms with van der Waals surface area (Å²) in [6, 6.07) is 3.57. The summed E-state index contributed by atoms with van der Waals surface area (Å²) >= 11 is 0. The lowest BCUT2D eigenvalue weighted by Gasteiger charge is -2.22. The number of hydrogen-bond acceptors (Lipinski definition) is 2. The van der Waals surface area contributed by atoms with Gasteiger partial charge in [0, 0.05) is 29.1 Å².